The van der Waals surface area contributed by atoms with Crippen molar-refractivity contribution in [2.24, 2.45) is 0 Å². The largest absolute Gasteiger partial charge is 0.355 e. The van der Waals surface area contributed by atoms with E-state index in [9.17, 15) is 0 Å². The molecule has 6 rings (SSSR count). The lowest BCUT2D eigenvalue weighted by Crippen LogP contribution is -1.96. The Balaban J connectivity index is 1.58. The van der Waals surface area contributed by atoms with E-state index in [-0.39, 0.29) is 0 Å². The van der Waals surface area contributed by atoms with Crippen molar-refractivity contribution in [3.63, 3.8) is 0 Å². The number of benzene rings is 4. The van der Waals surface area contributed by atoms with Crippen LogP contribution in [-0.2, 0) is 0 Å². The molecule has 174 valence electrons. The van der Waals surface area contributed by atoms with Gasteiger partial charge in [-0.15, -0.1) is 10.2 Å². The molecule has 2 heterocycles. The van der Waals surface area contributed by atoms with Gasteiger partial charge in [0.1, 0.15) is 11.2 Å². The highest BCUT2D eigenvalue weighted by molar-refractivity contribution is 6.34. The van der Waals surface area contributed by atoms with Gasteiger partial charge in [0.25, 0.3) is 0 Å². The lowest BCUT2D eigenvalue weighted by molar-refractivity contribution is 0.441. The highest BCUT2D eigenvalue weighted by Gasteiger charge is 2.18. The second kappa shape index (κ2) is 9.40. The number of halogens is 3. The summed E-state index contributed by atoms with van der Waals surface area (Å²) in [7, 11) is 0. The molecule has 0 amide bonds. The van der Waals surface area contributed by atoms with Crippen molar-refractivity contribution in [2.45, 2.75) is 0 Å². The molecular weight excluding hydrogens is 513 g/mol. The maximum Gasteiger partial charge on any atom is 0.174 e. The Labute approximate surface area is 222 Å². The van der Waals surface area contributed by atoms with Gasteiger partial charge in [-0.25, -0.2) is 0 Å². The molecule has 0 saturated heterocycles. The van der Waals surface area contributed by atoms with E-state index in [0.717, 1.165) is 38.7 Å². The monoisotopic (exact) mass is 527 g/mol. The Morgan fingerprint density at radius 1 is 0.583 bits per heavy atom. The minimum absolute atomic E-state index is 0.589. The van der Waals surface area contributed by atoms with Crippen molar-refractivity contribution in [1.82, 2.24) is 15.4 Å². The SMILES string of the molecule is Clc1ccc(-c2onc3ccc(-c4cc(-c5ccccc5Cl)nnc4-c4ccccc4Cl)cc23)cc1. The molecule has 4 nitrogen and oxygen atoms in total. The number of nitrogens with zero attached hydrogens (tertiary/aromatic N) is 3. The molecule has 0 N–H and O–H groups in total. The summed E-state index contributed by atoms with van der Waals surface area (Å²) >= 11 is 19.1. The van der Waals surface area contributed by atoms with E-state index in [2.05, 4.69) is 15.4 Å². The van der Waals surface area contributed by atoms with Crippen LogP contribution in [0.1, 0.15) is 0 Å². The lowest BCUT2D eigenvalue weighted by Gasteiger charge is -2.13. The van der Waals surface area contributed by atoms with Gasteiger partial charge in [-0.2, -0.15) is 0 Å². The second-order valence-corrected chi connectivity index (χ2v) is 9.45. The van der Waals surface area contributed by atoms with E-state index in [1.807, 2.05) is 97.1 Å². The Morgan fingerprint density at radius 3 is 1.97 bits per heavy atom. The molecule has 0 atom stereocenters. The highest BCUT2D eigenvalue weighted by atomic mass is 35.5. The maximum absolute atomic E-state index is 6.57. The molecule has 0 fully saturated rings. The predicted molar refractivity (Wildman–Crippen MR) is 146 cm³/mol. The van der Waals surface area contributed by atoms with Crippen molar-refractivity contribution < 1.29 is 4.52 Å². The molecule has 0 aliphatic rings. The summed E-state index contributed by atoms with van der Waals surface area (Å²) in [5, 5.41) is 16.1. The van der Waals surface area contributed by atoms with Gasteiger partial charge < -0.3 is 4.52 Å². The zero-order valence-corrected chi connectivity index (χ0v) is 20.9. The quantitative estimate of drug-likeness (QED) is 0.229. The van der Waals surface area contributed by atoms with Crippen LogP contribution in [0, 0.1) is 0 Å². The molecule has 0 unspecified atom stereocenters. The van der Waals surface area contributed by atoms with E-state index >= 15 is 0 Å². The van der Waals surface area contributed by atoms with Gasteiger partial charge in [-0.05, 0) is 60.2 Å². The van der Waals surface area contributed by atoms with Gasteiger partial charge in [0.15, 0.2) is 5.76 Å². The molecule has 0 saturated carbocycles. The van der Waals surface area contributed by atoms with Crippen molar-refractivity contribution >= 4 is 45.7 Å². The van der Waals surface area contributed by atoms with Gasteiger partial charge in [0.05, 0.1) is 21.1 Å². The van der Waals surface area contributed by atoms with Crippen LogP contribution in [0.15, 0.2) is 102 Å². The molecular formula is C29H16Cl3N3O. The fraction of sp³-hybridized carbons (Fsp3) is 0. The lowest BCUT2D eigenvalue weighted by atomic mass is 9.96. The standard InChI is InChI=1S/C29H16Cl3N3O/c30-19-12-9-17(10-13-19)29-23-15-18(11-14-26(23)35-36-29)22-16-27(20-5-1-3-7-24(20)31)33-34-28(22)21-6-2-4-8-25(21)32/h1-16H. The van der Waals surface area contributed by atoms with Crippen LogP contribution in [0.2, 0.25) is 15.1 Å². The number of rotatable bonds is 4. The first-order valence-electron chi connectivity index (χ1n) is 11.1. The second-order valence-electron chi connectivity index (χ2n) is 8.20. The van der Waals surface area contributed by atoms with E-state index in [1.165, 1.54) is 0 Å². The summed E-state index contributed by atoms with van der Waals surface area (Å²) in [6.45, 7) is 0. The topological polar surface area (TPSA) is 51.8 Å². The average molecular weight is 529 g/mol. The molecule has 0 aliphatic carbocycles. The smallest absolute Gasteiger partial charge is 0.174 e. The zero-order chi connectivity index (χ0) is 24.6. The molecule has 0 aliphatic heterocycles. The third-order valence-electron chi connectivity index (χ3n) is 5.97. The fourth-order valence-corrected chi connectivity index (χ4v) is 4.77. The first-order valence-corrected chi connectivity index (χ1v) is 12.2. The minimum atomic E-state index is 0.589. The van der Waals surface area contributed by atoms with Crippen LogP contribution < -0.4 is 0 Å². The first-order chi connectivity index (χ1) is 17.6. The summed E-state index contributed by atoms with van der Waals surface area (Å²) in [4.78, 5) is 0. The molecule has 36 heavy (non-hydrogen) atoms. The molecule has 2 aromatic heterocycles. The highest BCUT2D eigenvalue weighted by Crippen LogP contribution is 2.39. The van der Waals surface area contributed by atoms with Gasteiger partial charge in [0, 0.05) is 27.3 Å². The van der Waals surface area contributed by atoms with E-state index in [1.54, 1.807) is 0 Å². The fourth-order valence-electron chi connectivity index (χ4n) is 4.18. The number of hydrogen-bond donors (Lipinski definition) is 0. The summed E-state index contributed by atoms with van der Waals surface area (Å²) in [5.74, 6) is 0.663. The van der Waals surface area contributed by atoms with Crippen molar-refractivity contribution in [2.75, 3.05) is 0 Å². The van der Waals surface area contributed by atoms with Gasteiger partial charge >= 0.3 is 0 Å². The predicted octanol–water partition coefficient (Wildman–Crippen LogP) is 9.25. The van der Waals surface area contributed by atoms with E-state index in [4.69, 9.17) is 39.3 Å². The minimum Gasteiger partial charge on any atom is -0.355 e. The summed E-state index contributed by atoms with van der Waals surface area (Å²) in [6.07, 6.45) is 0. The Hall–Kier alpha value is -3.70. The number of fused-ring (bicyclic) bond motifs is 1. The third-order valence-corrected chi connectivity index (χ3v) is 6.88. The van der Waals surface area contributed by atoms with Crippen LogP contribution in [0.25, 0.3) is 55.9 Å². The van der Waals surface area contributed by atoms with E-state index < -0.39 is 0 Å². The molecule has 0 radical (unpaired) electrons. The molecule has 6 aromatic rings. The van der Waals surface area contributed by atoms with Crippen LogP contribution in [0.5, 0.6) is 0 Å². The van der Waals surface area contributed by atoms with E-state index in [0.29, 0.717) is 32.2 Å². The van der Waals surface area contributed by atoms with Gasteiger partial charge in [0.2, 0.25) is 0 Å². The maximum atomic E-state index is 6.57. The molecule has 7 heteroatoms. The zero-order valence-electron chi connectivity index (χ0n) is 18.6. The summed E-state index contributed by atoms with van der Waals surface area (Å²) < 4.78 is 5.72. The summed E-state index contributed by atoms with van der Waals surface area (Å²) in [5.41, 5.74) is 6.32. The van der Waals surface area contributed by atoms with Crippen LogP contribution in [0.4, 0.5) is 0 Å². The average Bonchev–Trinajstić information content (AvgIpc) is 3.33. The number of hydrogen-bond acceptors (Lipinski definition) is 4. The molecule has 0 bridgehead atoms. The van der Waals surface area contributed by atoms with Crippen LogP contribution >= 0.6 is 34.8 Å². The van der Waals surface area contributed by atoms with Crippen LogP contribution in [-0.4, -0.2) is 15.4 Å². The molecule has 0 spiro atoms. The van der Waals surface area contributed by atoms with Crippen molar-refractivity contribution in [1.29, 1.82) is 0 Å². The Kier molecular flexibility index (Phi) is 5.94. The van der Waals surface area contributed by atoms with Gasteiger partial charge in [-0.1, -0.05) is 82.4 Å². The van der Waals surface area contributed by atoms with Crippen LogP contribution in [0.3, 0.4) is 0 Å². The normalized spacial score (nSPS) is 11.2. The summed E-state index contributed by atoms with van der Waals surface area (Å²) in [6, 6.07) is 30.6. The Morgan fingerprint density at radius 2 is 1.25 bits per heavy atom. The third kappa shape index (κ3) is 4.14. The van der Waals surface area contributed by atoms with Crippen molar-refractivity contribution in [3.05, 3.63) is 112 Å². The molecule has 4 aromatic carbocycles. The van der Waals surface area contributed by atoms with Crippen molar-refractivity contribution in [3.8, 4) is 45.0 Å². The first kappa shape index (κ1) is 22.7. The Bertz CT molecular complexity index is 1730. The number of aromatic nitrogens is 3. The van der Waals surface area contributed by atoms with Gasteiger partial charge in [-0.3, -0.25) is 0 Å².